The highest BCUT2D eigenvalue weighted by Crippen LogP contribution is 2.21. The van der Waals surface area contributed by atoms with Crippen LogP contribution in [0.4, 0.5) is 0 Å². The van der Waals surface area contributed by atoms with Crippen LogP contribution in [-0.4, -0.2) is 24.8 Å². The predicted molar refractivity (Wildman–Crippen MR) is 45.3 cm³/mol. The van der Waals surface area contributed by atoms with Crippen LogP contribution in [0.1, 0.15) is 20.8 Å². The lowest BCUT2D eigenvalue weighted by atomic mass is 10.2. The first-order valence-electron chi connectivity index (χ1n) is 3.56. The van der Waals surface area contributed by atoms with Gasteiger partial charge in [0, 0.05) is 0 Å². The van der Waals surface area contributed by atoms with E-state index in [2.05, 4.69) is 4.52 Å². The Kier molecular flexibility index (Phi) is 4.35. The summed E-state index contributed by atoms with van der Waals surface area (Å²) in [5.74, 6) is -0.495. The van der Waals surface area contributed by atoms with Gasteiger partial charge in [-0.25, -0.2) is 4.79 Å². The number of hydrogen-bond donors (Lipinski definition) is 0. The molecule has 12 heavy (non-hydrogen) atoms. The van der Waals surface area contributed by atoms with Gasteiger partial charge in [0.15, 0.2) is 0 Å². The van der Waals surface area contributed by atoms with Crippen LogP contribution in [0.25, 0.3) is 0 Å². The minimum absolute atomic E-state index is 0.177. The third kappa shape index (κ3) is 6.25. The minimum Gasteiger partial charge on any atom is -0.457 e. The van der Waals surface area contributed by atoms with Gasteiger partial charge in [-0.3, -0.25) is 0 Å². The molecule has 0 saturated heterocycles. The van der Waals surface area contributed by atoms with Gasteiger partial charge in [0.2, 0.25) is 0 Å². The van der Waals surface area contributed by atoms with Crippen molar-refractivity contribution in [2.45, 2.75) is 26.4 Å². The van der Waals surface area contributed by atoms with Crippen molar-refractivity contribution in [2.75, 3.05) is 13.3 Å². The zero-order chi connectivity index (χ0) is 9.78. The second-order valence-corrected chi connectivity index (χ2v) is 4.61. The average Bonchev–Trinajstić information content (AvgIpc) is 1.82. The maximum atomic E-state index is 10.9. The van der Waals surface area contributed by atoms with E-state index in [1.807, 2.05) is 0 Å². The summed E-state index contributed by atoms with van der Waals surface area (Å²) in [6.45, 7) is 5.26. The first-order chi connectivity index (χ1) is 5.35. The van der Waals surface area contributed by atoms with Crippen molar-refractivity contribution in [3.8, 4) is 0 Å². The molecule has 0 aromatic carbocycles. The van der Waals surface area contributed by atoms with Crippen molar-refractivity contribution in [3.05, 3.63) is 0 Å². The molecule has 0 aliphatic carbocycles. The van der Waals surface area contributed by atoms with Crippen LogP contribution in [0.3, 0.4) is 0 Å². The van der Waals surface area contributed by atoms with E-state index in [1.165, 1.54) is 7.11 Å². The fourth-order valence-corrected chi connectivity index (χ4v) is 0.948. The lowest BCUT2D eigenvalue weighted by molar-refractivity contribution is -0.151. The van der Waals surface area contributed by atoms with Crippen molar-refractivity contribution < 1.29 is 18.6 Å². The van der Waals surface area contributed by atoms with E-state index in [4.69, 9.17) is 4.74 Å². The van der Waals surface area contributed by atoms with Gasteiger partial charge in [0.25, 0.3) is 6.16 Å². The fraction of sp³-hybridized carbons (Fsp3) is 0.857. The summed E-state index contributed by atoms with van der Waals surface area (Å²) >= 11 is 0. The van der Waals surface area contributed by atoms with Crippen LogP contribution < -0.4 is 0 Å². The van der Waals surface area contributed by atoms with Gasteiger partial charge in [-0.05, 0) is 25.3 Å². The first kappa shape index (κ1) is 11.5. The van der Waals surface area contributed by atoms with Gasteiger partial charge < -0.3 is 4.74 Å². The van der Waals surface area contributed by atoms with Gasteiger partial charge in [-0.15, -0.1) is 4.52 Å². The van der Waals surface area contributed by atoms with E-state index in [9.17, 15) is 9.36 Å². The Labute approximate surface area is 73.1 Å². The second kappa shape index (κ2) is 4.53. The topological polar surface area (TPSA) is 52.6 Å². The van der Waals surface area contributed by atoms with Crippen molar-refractivity contribution in [3.63, 3.8) is 0 Å². The minimum atomic E-state index is -1.90. The Morgan fingerprint density at radius 3 is 2.25 bits per heavy atom. The van der Waals surface area contributed by atoms with Crippen LogP contribution >= 0.6 is 8.03 Å². The summed E-state index contributed by atoms with van der Waals surface area (Å²) in [7, 11) is -0.601. The number of carbonyl (C=O) groups is 1. The molecule has 0 spiro atoms. The molecule has 5 heteroatoms. The normalized spacial score (nSPS) is 12.5. The van der Waals surface area contributed by atoms with Gasteiger partial charge in [-0.2, -0.15) is 0 Å². The number of esters is 1. The van der Waals surface area contributed by atoms with E-state index < -0.39 is 19.6 Å². The maximum Gasteiger partial charge on any atom is 0.519 e. The molecule has 0 N–H and O–H groups in total. The molecule has 70 valence electrons. The van der Waals surface area contributed by atoms with Gasteiger partial charge in [-0.1, -0.05) is 0 Å². The predicted octanol–water partition coefficient (Wildman–Crippen LogP) is 1.72. The third-order valence-electron chi connectivity index (χ3n) is 0.882. The summed E-state index contributed by atoms with van der Waals surface area (Å²) in [6, 6.07) is 0. The van der Waals surface area contributed by atoms with Crippen LogP contribution in [0, 0.1) is 0 Å². The quantitative estimate of drug-likeness (QED) is 0.505. The third-order valence-corrected chi connectivity index (χ3v) is 1.81. The number of ether oxygens (including phenoxy) is 1. The van der Waals surface area contributed by atoms with Crippen LogP contribution in [0.5, 0.6) is 0 Å². The Hall–Kier alpha value is -0.470. The van der Waals surface area contributed by atoms with Crippen molar-refractivity contribution in [2.24, 2.45) is 0 Å². The standard InChI is InChI=1S/C7H14O4P/c1-7(2,3)11-6(8)5-12(9)10-4/h5H2,1-4H3/q+1. The molecule has 1 atom stereocenters. The molecular formula is C7H14O4P+. The number of rotatable bonds is 3. The van der Waals surface area contributed by atoms with E-state index in [-0.39, 0.29) is 6.16 Å². The molecule has 0 aliphatic heterocycles. The van der Waals surface area contributed by atoms with Gasteiger partial charge in [0.1, 0.15) is 5.60 Å². The summed E-state index contributed by atoms with van der Waals surface area (Å²) < 4.78 is 20.1. The molecule has 1 unspecified atom stereocenters. The van der Waals surface area contributed by atoms with Crippen LogP contribution in [0.15, 0.2) is 0 Å². The maximum absolute atomic E-state index is 10.9. The smallest absolute Gasteiger partial charge is 0.457 e. The Morgan fingerprint density at radius 1 is 1.42 bits per heavy atom. The summed E-state index contributed by atoms with van der Waals surface area (Å²) in [5, 5.41) is 0. The molecule has 0 aliphatic rings. The van der Waals surface area contributed by atoms with E-state index in [0.29, 0.717) is 0 Å². The highest BCUT2D eigenvalue weighted by Gasteiger charge is 2.26. The molecular weight excluding hydrogens is 179 g/mol. The molecule has 0 radical (unpaired) electrons. The summed E-state index contributed by atoms with van der Waals surface area (Å²) in [5.41, 5.74) is -0.527. The molecule has 0 aromatic rings. The largest absolute Gasteiger partial charge is 0.519 e. The highest BCUT2D eigenvalue weighted by atomic mass is 31.1. The lowest BCUT2D eigenvalue weighted by Crippen LogP contribution is -2.24. The Balaban J connectivity index is 3.83. The first-order valence-corrected chi connectivity index (χ1v) is 4.92. The van der Waals surface area contributed by atoms with E-state index in [1.54, 1.807) is 20.8 Å². The molecule has 0 aromatic heterocycles. The zero-order valence-corrected chi connectivity index (χ0v) is 8.68. The van der Waals surface area contributed by atoms with Crippen LogP contribution in [0.2, 0.25) is 0 Å². The molecule has 4 nitrogen and oxygen atoms in total. The molecule has 0 heterocycles. The zero-order valence-electron chi connectivity index (χ0n) is 7.79. The lowest BCUT2D eigenvalue weighted by Gasteiger charge is -2.17. The van der Waals surface area contributed by atoms with Gasteiger partial charge in [0.05, 0.1) is 7.11 Å². The molecule has 0 rings (SSSR count). The second-order valence-electron chi connectivity index (χ2n) is 3.26. The molecule has 0 bridgehead atoms. The van der Waals surface area contributed by atoms with Gasteiger partial charge >= 0.3 is 14.0 Å². The molecule has 0 fully saturated rings. The van der Waals surface area contributed by atoms with Crippen molar-refractivity contribution in [1.82, 2.24) is 0 Å². The monoisotopic (exact) mass is 193 g/mol. The number of carbonyl (C=O) groups excluding carboxylic acids is 1. The average molecular weight is 193 g/mol. The summed E-state index contributed by atoms with van der Waals surface area (Å²) in [4.78, 5) is 10.9. The SMILES string of the molecule is CO[P+](=O)CC(=O)OC(C)(C)C. The Morgan fingerprint density at radius 2 is 1.92 bits per heavy atom. The summed E-state index contributed by atoms with van der Waals surface area (Å²) in [6.07, 6.45) is -0.177. The fourth-order valence-electron chi connectivity index (χ4n) is 0.544. The van der Waals surface area contributed by atoms with E-state index >= 15 is 0 Å². The highest BCUT2D eigenvalue weighted by molar-refractivity contribution is 7.40. The molecule has 0 saturated carbocycles. The Bertz CT molecular complexity index is 182. The van der Waals surface area contributed by atoms with Crippen LogP contribution in [-0.2, 0) is 18.6 Å². The number of hydrogen-bond acceptors (Lipinski definition) is 4. The van der Waals surface area contributed by atoms with Crippen molar-refractivity contribution >= 4 is 14.0 Å². The van der Waals surface area contributed by atoms with E-state index in [0.717, 1.165) is 0 Å². The van der Waals surface area contributed by atoms with Crippen molar-refractivity contribution in [1.29, 1.82) is 0 Å². The molecule has 0 amide bonds.